The van der Waals surface area contributed by atoms with Crippen molar-refractivity contribution in [3.05, 3.63) is 23.5 Å². The monoisotopic (exact) mass is 309 g/mol. The lowest BCUT2D eigenvalue weighted by Crippen LogP contribution is -2.31. The molecule has 1 aliphatic heterocycles. The van der Waals surface area contributed by atoms with Crippen LogP contribution in [-0.2, 0) is 13.6 Å². The number of rotatable bonds is 3. The molecular weight excluding hydrogens is 286 g/mol. The number of likely N-dealkylation sites (tertiary alicyclic amines) is 1. The second kappa shape index (κ2) is 5.91. The van der Waals surface area contributed by atoms with Crippen molar-refractivity contribution in [1.82, 2.24) is 19.7 Å². The summed E-state index contributed by atoms with van der Waals surface area (Å²) in [6, 6.07) is 2.22. The highest BCUT2D eigenvalue weighted by Crippen LogP contribution is 2.29. The molecule has 2 aromatic rings. The Morgan fingerprint density at radius 3 is 2.86 bits per heavy atom. The Morgan fingerprint density at radius 2 is 2.19 bits per heavy atom. The molecule has 3 rings (SSSR count). The topological polar surface area (TPSA) is 60.0 Å². The van der Waals surface area contributed by atoms with Crippen LogP contribution in [0.2, 0.25) is 0 Å². The lowest BCUT2D eigenvalue weighted by atomic mass is 9.90. The van der Waals surface area contributed by atoms with E-state index < -0.39 is 0 Å². The molecule has 5 nitrogen and oxygen atoms in total. The number of nitrogens with zero attached hydrogens (tertiary/aromatic N) is 4. The van der Waals surface area contributed by atoms with E-state index in [2.05, 4.69) is 28.0 Å². The smallest absolute Gasteiger partial charge is 0.157 e. The van der Waals surface area contributed by atoms with Crippen LogP contribution in [0.25, 0.3) is 11.0 Å². The molecule has 116 valence electrons. The molecule has 3 heterocycles. The lowest BCUT2D eigenvalue weighted by Gasteiger charge is -2.22. The largest absolute Gasteiger partial charge is 0.330 e. The van der Waals surface area contributed by atoms with Crippen LogP contribution in [0.15, 0.2) is 12.3 Å². The molecular formula is C15H24ClN5. The summed E-state index contributed by atoms with van der Waals surface area (Å²) in [6.45, 7) is 8.23. The standard InChI is InChI=1S/C15H23N5.ClH/c1-11-13-6-12(7-17-14(13)19(3)18-11)8-20-5-4-15(2,9-16)10-20;/h6-7H,4-5,8-10,16H2,1-3H3;1H. The zero-order chi connectivity index (χ0) is 14.3. The fourth-order valence-electron chi connectivity index (χ4n) is 3.12. The summed E-state index contributed by atoms with van der Waals surface area (Å²) >= 11 is 0. The third kappa shape index (κ3) is 3.05. The molecule has 0 radical (unpaired) electrons. The quantitative estimate of drug-likeness (QED) is 0.940. The number of aryl methyl sites for hydroxylation is 2. The van der Waals surface area contributed by atoms with E-state index in [1.54, 1.807) is 0 Å². The van der Waals surface area contributed by atoms with Crippen molar-refractivity contribution in [2.75, 3.05) is 19.6 Å². The summed E-state index contributed by atoms with van der Waals surface area (Å²) in [5.74, 6) is 0. The van der Waals surface area contributed by atoms with Gasteiger partial charge in [-0.05, 0) is 43.5 Å². The Labute approximate surface area is 131 Å². The van der Waals surface area contributed by atoms with E-state index in [-0.39, 0.29) is 17.8 Å². The van der Waals surface area contributed by atoms with Gasteiger partial charge in [-0.3, -0.25) is 9.58 Å². The molecule has 1 aliphatic rings. The first-order chi connectivity index (χ1) is 9.50. The van der Waals surface area contributed by atoms with Crippen molar-refractivity contribution in [2.24, 2.45) is 18.2 Å². The Morgan fingerprint density at radius 1 is 1.43 bits per heavy atom. The molecule has 1 saturated heterocycles. The normalized spacial score (nSPS) is 22.7. The summed E-state index contributed by atoms with van der Waals surface area (Å²) in [7, 11) is 1.94. The fourth-order valence-corrected chi connectivity index (χ4v) is 3.12. The summed E-state index contributed by atoms with van der Waals surface area (Å²) < 4.78 is 1.84. The molecule has 2 aromatic heterocycles. The minimum Gasteiger partial charge on any atom is -0.330 e. The molecule has 0 bridgehead atoms. The highest BCUT2D eigenvalue weighted by molar-refractivity contribution is 5.85. The molecule has 1 unspecified atom stereocenters. The molecule has 1 atom stereocenters. The number of fused-ring (bicyclic) bond motifs is 1. The number of hydrogen-bond donors (Lipinski definition) is 1. The van der Waals surface area contributed by atoms with Crippen LogP contribution in [0.1, 0.15) is 24.6 Å². The zero-order valence-electron chi connectivity index (χ0n) is 13.0. The Balaban J connectivity index is 0.00000161. The van der Waals surface area contributed by atoms with E-state index in [0.29, 0.717) is 0 Å². The number of nitrogens with two attached hydrogens (primary N) is 1. The first kappa shape index (κ1) is 16.2. The predicted molar refractivity (Wildman–Crippen MR) is 87.5 cm³/mol. The van der Waals surface area contributed by atoms with Crippen LogP contribution >= 0.6 is 12.4 Å². The number of aromatic nitrogens is 3. The minimum absolute atomic E-state index is 0. The van der Waals surface area contributed by atoms with Gasteiger partial charge in [-0.25, -0.2) is 4.98 Å². The van der Waals surface area contributed by atoms with E-state index in [1.165, 1.54) is 12.0 Å². The molecule has 0 spiro atoms. The highest BCUT2D eigenvalue weighted by Gasteiger charge is 2.32. The highest BCUT2D eigenvalue weighted by atomic mass is 35.5. The van der Waals surface area contributed by atoms with Crippen LogP contribution < -0.4 is 5.73 Å². The van der Waals surface area contributed by atoms with Crippen molar-refractivity contribution in [2.45, 2.75) is 26.8 Å². The molecule has 0 aromatic carbocycles. The molecule has 0 saturated carbocycles. The van der Waals surface area contributed by atoms with Crippen molar-refractivity contribution in [3.8, 4) is 0 Å². The molecule has 1 fully saturated rings. The summed E-state index contributed by atoms with van der Waals surface area (Å²) in [6.07, 6.45) is 3.16. The molecule has 0 aliphatic carbocycles. The Hall–Kier alpha value is -1.17. The van der Waals surface area contributed by atoms with Crippen molar-refractivity contribution in [1.29, 1.82) is 0 Å². The van der Waals surface area contributed by atoms with Gasteiger partial charge in [0.15, 0.2) is 5.65 Å². The average Bonchev–Trinajstić information content (AvgIpc) is 2.93. The van der Waals surface area contributed by atoms with Gasteiger partial charge >= 0.3 is 0 Å². The van der Waals surface area contributed by atoms with Gasteiger partial charge in [0.25, 0.3) is 0 Å². The zero-order valence-corrected chi connectivity index (χ0v) is 13.8. The van der Waals surface area contributed by atoms with E-state index in [0.717, 1.165) is 42.9 Å². The third-order valence-corrected chi connectivity index (χ3v) is 4.46. The minimum atomic E-state index is 0. The number of pyridine rings is 1. The Bertz CT molecular complexity index is 638. The van der Waals surface area contributed by atoms with Gasteiger partial charge in [-0.2, -0.15) is 5.10 Å². The van der Waals surface area contributed by atoms with E-state index in [4.69, 9.17) is 5.73 Å². The second-order valence-corrected chi connectivity index (χ2v) is 6.40. The predicted octanol–water partition coefficient (Wildman–Crippen LogP) is 1.87. The Kier molecular flexibility index (Phi) is 4.56. The van der Waals surface area contributed by atoms with Gasteiger partial charge in [-0.15, -0.1) is 12.4 Å². The van der Waals surface area contributed by atoms with Crippen LogP contribution in [0, 0.1) is 12.3 Å². The first-order valence-electron chi connectivity index (χ1n) is 7.21. The molecule has 21 heavy (non-hydrogen) atoms. The van der Waals surface area contributed by atoms with Crippen molar-refractivity contribution >= 4 is 23.4 Å². The van der Waals surface area contributed by atoms with E-state index in [9.17, 15) is 0 Å². The van der Waals surface area contributed by atoms with Gasteiger partial charge < -0.3 is 5.73 Å². The third-order valence-electron chi connectivity index (χ3n) is 4.46. The first-order valence-corrected chi connectivity index (χ1v) is 7.21. The summed E-state index contributed by atoms with van der Waals surface area (Å²) in [5.41, 5.74) is 9.41. The lowest BCUT2D eigenvalue weighted by molar-refractivity contribution is 0.274. The summed E-state index contributed by atoms with van der Waals surface area (Å²) in [4.78, 5) is 7.02. The van der Waals surface area contributed by atoms with E-state index >= 15 is 0 Å². The van der Waals surface area contributed by atoms with Crippen LogP contribution in [-0.4, -0.2) is 39.3 Å². The van der Waals surface area contributed by atoms with Crippen LogP contribution in [0.3, 0.4) is 0 Å². The van der Waals surface area contributed by atoms with Crippen molar-refractivity contribution < 1.29 is 0 Å². The second-order valence-electron chi connectivity index (χ2n) is 6.40. The summed E-state index contributed by atoms with van der Waals surface area (Å²) in [5, 5.41) is 5.58. The molecule has 0 amide bonds. The average molecular weight is 310 g/mol. The fraction of sp³-hybridized carbons (Fsp3) is 0.600. The molecule has 6 heteroatoms. The van der Waals surface area contributed by atoms with Crippen LogP contribution in [0.4, 0.5) is 0 Å². The maximum Gasteiger partial charge on any atom is 0.157 e. The van der Waals surface area contributed by atoms with Gasteiger partial charge in [-0.1, -0.05) is 6.92 Å². The number of hydrogen-bond acceptors (Lipinski definition) is 4. The maximum atomic E-state index is 5.87. The SMILES string of the molecule is Cc1nn(C)c2ncc(CN3CCC(C)(CN)C3)cc12.Cl. The van der Waals surface area contributed by atoms with Gasteiger partial charge in [0.05, 0.1) is 5.69 Å². The van der Waals surface area contributed by atoms with Crippen molar-refractivity contribution in [3.63, 3.8) is 0 Å². The van der Waals surface area contributed by atoms with Gasteiger partial charge in [0.1, 0.15) is 0 Å². The van der Waals surface area contributed by atoms with E-state index in [1.807, 2.05) is 24.9 Å². The van der Waals surface area contributed by atoms with Gasteiger partial charge in [0, 0.05) is 31.7 Å². The maximum absolute atomic E-state index is 5.87. The number of halogens is 1. The van der Waals surface area contributed by atoms with Gasteiger partial charge in [0.2, 0.25) is 0 Å². The van der Waals surface area contributed by atoms with Crippen LogP contribution in [0.5, 0.6) is 0 Å². The molecule has 2 N–H and O–H groups in total.